The fourth-order valence-corrected chi connectivity index (χ4v) is 3.56. The molecule has 7 nitrogen and oxygen atoms in total. The van der Waals surface area contributed by atoms with Gasteiger partial charge in [-0.3, -0.25) is 14.3 Å². The van der Waals surface area contributed by atoms with Gasteiger partial charge in [0.15, 0.2) is 5.69 Å². The van der Waals surface area contributed by atoms with Gasteiger partial charge in [-0.15, -0.1) is 0 Å². The molecule has 31 heavy (non-hydrogen) atoms. The number of rotatable bonds is 6. The van der Waals surface area contributed by atoms with Crippen LogP contribution in [0.2, 0.25) is 0 Å². The number of fused-ring (bicyclic) bond motifs is 1. The second-order valence-corrected chi connectivity index (χ2v) is 7.38. The maximum atomic E-state index is 13.2. The SMILES string of the molecule is COc1cccc(CNC(=O)c2cc3n(n2)CCCN(Cc2ccc(F)cc2)C3=O)c1. The lowest BCUT2D eigenvalue weighted by atomic mass is 10.2. The van der Waals surface area contributed by atoms with Crippen molar-refractivity contribution < 1.29 is 18.7 Å². The van der Waals surface area contributed by atoms with Gasteiger partial charge in [0.2, 0.25) is 0 Å². The zero-order valence-electron chi connectivity index (χ0n) is 17.2. The van der Waals surface area contributed by atoms with Crippen LogP contribution in [0, 0.1) is 5.82 Å². The molecule has 3 aromatic rings. The van der Waals surface area contributed by atoms with Gasteiger partial charge in [-0.05, 0) is 41.8 Å². The van der Waals surface area contributed by atoms with Gasteiger partial charge < -0.3 is 15.0 Å². The predicted molar refractivity (Wildman–Crippen MR) is 112 cm³/mol. The third-order valence-electron chi connectivity index (χ3n) is 5.19. The summed E-state index contributed by atoms with van der Waals surface area (Å²) < 4.78 is 19.9. The number of benzene rings is 2. The Bertz CT molecular complexity index is 1090. The summed E-state index contributed by atoms with van der Waals surface area (Å²) in [7, 11) is 1.59. The predicted octanol–water partition coefficient (Wildman–Crippen LogP) is 3.01. The molecule has 2 amide bonds. The van der Waals surface area contributed by atoms with Gasteiger partial charge in [0.05, 0.1) is 7.11 Å². The van der Waals surface area contributed by atoms with E-state index in [0.29, 0.717) is 44.0 Å². The van der Waals surface area contributed by atoms with Crippen molar-refractivity contribution in [3.8, 4) is 5.75 Å². The van der Waals surface area contributed by atoms with Crippen LogP contribution in [0.3, 0.4) is 0 Å². The zero-order chi connectivity index (χ0) is 21.8. The number of hydrogen-bond donors (Lipinski definition) is 1. The minimum absolute atomic E-state index is 0.193. The molecule has 0 bridgehead atoms. The molecule has 0 spiro atoms. The molecule has 1 aliphatic rings. The molecule has 0 unspecified atom stereocenters. The monoisotopic (exact) mass is 422 g/mol. The van der Waals surface area contributed by atoms with Crippen LogP contribution in [-0.2, 0) is 19.6 Å². The van der Waals surface area contributed by atoms with Crippen molar-refractivity contribution in [1.82, 2.24) is 20.0 Å². The first-order valence-corrected chi connectivity index (χ1v) is 10.1. The van der Waals surface area contributed by atoms with Crippen molar-refractivity contribution in [2.45, 2.75) is 26.1 Å². The van der Waals surface area contributed by atoms with E-state index in [4.69, 9.17) is 4.74 Å². The summed E-state index contributed by atoms with van der Waals surface area (Å²) in [6, 6.07) is 15.1. The van der Waals surface area contributed by atoms with Crippen LogP contribution in [0.25, 0.3) is 0 Å². The summed E-state index contributed by atoms with van der Waals surface area (Å²) >= 11 is 0. The van der Waals surface area contributed by atoms with Crippen molar-refractivity contribution in [2.24, 2.45) is 0 Å². The lowest BCUT2D eigenvalue weighted by molar-refractivity contribution is 0.0745. The van der Waals surface area contributed by atoms with E-state index in [1.165, 1.54) is 18.2 Å². The highest BCUT2D eigenvalue weighted by Crippen LogP contribution is 2.17. The van der Waals surface area contributed by atoms with Crippen LogP contribution in [-0.4, -0.2) is 40.1 Å². The number of methoxy groups -OCH3 is 1. The van der Waals surface area contributed by atoms with E-state index in [9.17, 15) is 14.0 Å². The number of carbonyl (C=O) groups is 2. The fraction of sp³-hybridized carbons (Fsp3) is 0.261. The molecule has 1 N–H and O–H groups in total. The normalized spacial score (nSPS) is 13.5. The molecule has 2 aromatic carbocycles. The van der Waals surface area contributed by atoms with Gasteiger partial charge >= 0.3 is 0 Å². The highest BCUT2D eigenvalue weighted by atomic mass is 19.1. The van der Waals surface area contributed by atoms with Crippen molar-refractivity contribution in [3.63, 3.8) is 0 Å². The van der Waals surface area contributed by atoms with E-state index in [0.717, 1.165) is 11.1 Å². The molecule has 1 aliphatic heterocycles. The van der Waals surface area contributed by atoms with E-state index in [2.05, 4.69) is 10.4 Å². The van der Waals surface area contributed by atoms with E-state index in [1.54, 1.807) is 28.8 Å². The minimum Gasteiger partial charge on any atom is -0.497 e. The van der Waals surface area contributed by atoms with E-state index in [1.807, 2.05) is 24.3 Å². The molecular weight excluding hydrogens is 399 g/mol. The Hall–Kier alpha value is -3.68. The lowest BCUT2D eigenvalue weighted by Gasteiger charge is -2.20. The highest BCUT2D eigenvalue weighted by molar-refractivity contribution is 5.98. The van der Waals surface area contributed by atoms with Crippen LogP contribution in [0.5, 0.6) is 5.75 Å². The molecule has 0 saturated heterocycles. The van der Waals surface area contributed by atoms with Crippen LogP contribution >= 0.6 is 0 Å². The van der Waals surface area contributed by atoms with E-state index < -0.39 is 0 Å². The summed E-state index contributed by atoms with van der Waals surface area (Å²) in [6.45, 7) is 1.81. The summed E-state index contributed by atoms with van der Waals surface area (Å²) in [5.74, 6) is -0.136. The third kappa shape index (κ3) is 4.74. The van der Waals surface area contributed by atoms with Crippen LogP contribution in [0.15, 0.2) is 54.6 Å². The fourth-order valence-electron chi connectivity index (χ4n) is 3.56. The number of amides is 2. The number of aryl methyl sites for hydroxylation is 1. The molecule has 0 atom stereocenters. The maximum Gasteiger partial charge on any atom is 0.272 e. The Morgan fingerprint density at radius 3 is 2.71 bits per heavy atom. The van der Waals surface area contributed by atoms with Gasteiger partial charge in [-0.2, -0.15) is 5.10 Å². The number of hydrogen-bond acceptors (Lipinski definition) is 4. The summed E-state index contributed by atoms with van der Waals surface area (Å²) in [5, 5.41) is 7.17. The van der Waals surface area contributed by atoms with Crippen LogP contribution in [0.1, 0.15) is 38.5 Å². The molecule has 0 fully saturated rings. The minimum atomic E-state index is -0.346. The Morgan fingerprint density at radius 1 is 1.13 bits per heavy atom. The first kappa shape index (κ1) is 20.6. The standard InChI is InChI=1S/C23H23FN4O3/c1-31-19-5-2-4-17(12-19)14-25-22(29)20-13-21-23(30)27(10-3-11-28(21)26-20)15-16-6-8-18(24)9-7-16/h2,4-9,12-13H,3,10-11,14-15H2,1H3,(H,25,29). The van der Waals surface area contributed by atoms with E-state index >= 15 is 0 Å². The summed E-state index contributed by atoms with van der Waals surface area (Å²) in [6.07, 6.45) is 0.715. The lowest BCUT2D eigenvalue weighted by Crippen LogP contribution is -2.30. The Morgan fingerprint density at radius 2 is 1.94 bits per heavy atom. The number of ether oxygens (including phenoxy) is 1. The van der Waals surface area contributed by atoms with Crippen molar-refractivity contribution in [1.29, 1.82) is 0 Å². The zero-order valence-corrected chi connectivity index (χ0v) is 17.2. The van der Waals surface area contributed by atoms with Gasteiger partial charge in [-0.1, -0.05) is 24.3 Å². The molecule has 1 aromatic heterocycles. The van der Waals surface area contributed by atoms with Crippen LogP contribution < -0.4 is 10.1 Å². The highest BCUT2D eigenvalue weighted by Gasteiger charge is 2.26. The molecule has 8 heteroatoms. The summed E-state index contributed by atoms with van der Waals surface area (Å²) in [4.78, 5) is 27.3. The van der Waals surface area contributed by atoms with Crippen molar-refractivity contribution >= 4 is 11.8 Å². The van der Waals surface area contributed by atoms with Crippen molar-refractivity contribution in [2.75, 3.05) is 13.7 Å². The molecule has 160 valence electrons. The number of nitrogens with one attached hydrogen (secondary N) is 1. The Kier molecular flexibility index (Phi) is 5.97. The smallest absolute Gasteiger partial charge is 0.272 e. The molecule has 0 aliphatic carbocycles. The summed E-state index contributed by atoms with van der Waals surface area (Å²) in [5.41, 5.74) is 2.33. The first-order chi connectivity index (χ1) is 15.0. The average molecular weight is 422 g/mol. The maximum absolute atomic E-state index is 13.2. The second kappa shape index (κ2) is 8.99. The number of nitrogens with zero attached hydrogens (tertiary/aromatic N) is 3. The first-order valence-electron chi connectivity index (χ1n) is 10.1. The molecule has 2 heterocycles. The molecule has 0 radical (unpaired) electrons. The second-order valence-electron chi connectivity index (χ2n) is 7.38. The molecule has 0 saturated carbocycles. The number of halogens is 1. The average Bonchev–Trinajstić information content (AvgIpc) is 3.16. The molecular formula is C23H23FN4O3. The van der Waals surface area contributed by atoms with Gasteiger partial charge in [0.25, 0.3) is 11.8 Å². The Balaban J connectivity index is 1.45. The third-order valence-corrected chi connectivity index (χ3v) is 5.19. The van der Waals surface area contributed by atoms with Gasteiger partial charge in [0, 0.05) is 32.2 Å². The largest absolute Gasteiger partial charge is 0.497 e. The van der Waals surface area contributed by atoms with E-state index in [-0.39, 0.29) is 23.3 Å². The van der Waals surface area contributed by atoms with Gasteiger partial charge in [-0.25, -0.2) is 4.39 Å². The van der Waals surface area contributed by atoms with Gasteiger partial charge in [0.1, 0.15) is 17.3 Å². The number of aromatic nitrogens is 2. The molecule has 4 rings (SSSR count). The Labute approximate surface area is 179 Å². The topological polar surface area (TPSA) is 76.5 Å². The van der Waals surface area contributed by atoms with Crippen LogP contribution in [0.4, 0.5) is 4.39 Å². The quantitative estimate of drug-likeness (QED) is 0.663. The van der Waals surface area contributed by atoms with Crippen molar-refractivity contribution in [3.05, 3.63) is 82.9 Å². The number of carbonyl (C=O) groups excluding carboxylic acids is 2.